The normalized spacial score (nSPS) is 18.2. The van der Waals surface area contributed by atoms with E-state index in [0.717, 1.165) is 4.90 Å². The summed E-state index contributed by atoms with van der Waals surface area (Å²) < 4.78 is 0. The number of imide groups is 1. The van der Waals surface area contributed by atoms with Crippen LogP contribution in [0.15, 0.2) is 24.3 Å². The molecule has 22 heavy (non-hydrogen) atoms. The van der Waals surface area contributed by atoms with E-state index in [1.54, 1.807) is 6.92 Å². The van der Waals surface area contributed by atoms with Gasteiger partial charge in [-0.05, 0) is 19.1 Å². The van der Waals surface area contributed by atoms with E-state index in [4.69, 9.17) is 0 Å². The fourth-order valence-corrected chi connectivity index (χ4v) is 2.68. The first-order chi connectivity index (χ1) is 10.4. The van der Waals surface area contributed by atoms with Crippen LogP contribution in [0.25, 0.3) is 0 Å². The molecule has 0 aliphatic carbocycles. The van der Waals surface area contributed by atoms with Gasteiger partial charge >= 0.3 is 0 Å². The second-order valence-electron chi connectivity index (χ2n) is 4.62. The van der Waals surface area contributed by atoms with Gasteiger partial charge in [-0.1, -0.05) is 0 Å². The molecule has 116 valence electrons. The third kappa shape index (κ3) is 3.61. The lowest BCUT2D eigenvalue weighted by molar-refractivity contribution is -0.384. The molecule has 0 radical (unpaired) electrons. The molecule has 2 rings (SSSR count). The zero-order valence-electron chi connectivity index (χ0n) is 11.6. The molecule has 0 bridgehead atoms. The lowest BCUT2D eigenvalue weighted by Crippen LogP contribution is -2.49. The number of nitrogens with zero attached hydrogens (tertiary/aromatic N) is 2. The maximum Gasteiger partial charge on any atom is 0.269 e. The fourth-order valence-electron chi connectivity index (χ4n) is 1.86. The van der Waals surface area contributed by atoms with E-state index in [-0.39, 0.29) is 29.1 Å². The Bertz CT molecular complexity index is 631. The molecule has 0 unspecified atom stereocenters. The number of hydrogen-bond acceptors (Lipinski definition) is 6. The second-order valence-corrected chi connectivity index (χ2v) is 5.95. The molecule has 1 fully saturated rings. The van der Waals surface area contributed by atoms with Gasteiger partial charge in [0.1, 0.15) is 6.54 Å². The Balaban J connectivity index is 1.98. The number of benzene rings is 1. The van der Waals surface area contributed by atoms with Crippen LogP contribution in [-0.4, -0.2) is 45.1 Å². The average Bonchev–Trinajstić information content (AvgIpc) is 2.48. The minimum absolute atomic E-state index is 0.0924. The molecule has 8 nitrogen and oxygen atoms in total. The maximum absolute atomic E-state index is 11.9. The number of non-ortho nitro benzene ring substituents is 1. The first-order valence-electron chi connectivity index (χ1n) is 6.38. The van der Waals surface area contributed by atoms with Crippen molar-refractivity contribution in [1.29, 1.82) is 0 Å². The minimum atomic E-state index is -0.546. The molecule has 1 aliphatic rings. The van der Waals surface area contributed by atoms with E-state index in [0.29, 0.717) is 5.69 Å². The van der Waals surface area contributed by atoms with Crippen LogP contribution in [0.4, 0.5) is 11.4 Å². The standard InChI is InChI=1S/C13H13N3O5S/c1-8-13(19)15(12(18)7-22-8)6-11(17)14-9-2-4-10(5-3-9)16(20)21/h2-5,8H,6-7H2,1H3,(H,14,17)/t8-/m0/s1. The zero-order chi connectivity index (χ0) is 16.3. The number of anilines is 1. The molecule has 0 spiro atoms. The van der Waals surface area contributed by atoms with Gasteiger partial charge in [0.25, 0.3) is 5.69 Å². The van der Waals surface area contributed by atoms with E-state index in [1.165, 1.54) is 36.0 Å². The number of nitro groups is 1. The van der Waals surface area contributed by atoms with Crippen LogP contribution in [0, 0.1) is 10.1 Å². The Morgan fingerprint density at radius 2 is 2.05 bits per heavy atom. The summed E-state index contributed by atoms with van der Waals surface area (Å²) in [6.07, 6.45) is 0. The largest absolute Gasteiger partial charge is 0.325 e. The quantitative estimate of drug-likeness (QED) is 0.503. The maximum atomic E-state index is 11.9. The number of amides is 3. The SMILES string of the molecule is C[C@@H]1SCC(=O)N(CC(=O)Nc2ccc([N+](=O)[O-])cc2)C1=O. The van der Waals surface area contributed by atoms with Gasteiger partial charge in [-0.2, -0.15) is 0 Å². The molecule has 1 aliphatic heterocycles. The van der Waals surface area contributed by atoms with Crippen molar-refractivity contribution in [2.24, 2.45) is 0 Å². The van der Waals surface area contributed by atoms with Crippen molar-refractivity contribution in [3.8, 4) is 0 Å². The van der Waals surface area contributed by atoms with Crippen molar-refractivity contribution in [3.63, 3.8) is 0 Å². The molecule has 1 heterocycles. The van der Waals surface area contributed by atoms with Crippen molar-refractivity contribution in [1.82, 2.24) is 4.90 Å². The highest BCUT2D eigenvalue weighted by atomic mass is 32.2. The van der Waals surface area contributed by atoms with Crippen LogP contribution in [0.5, 0.6) is 0 Å². The molecule has 1 saturated heterocycles. The zero-order valence-corrected chi connectivity index (χ0v) is 12.5. The molecule has 1 aromatic carbocycles. The van der Waals surface area contributed by atoms with Crippen molar-refractivity contribution in [2.75, 3.05) is 17.6 Å². The number of hydrogen-bond donors (Lipinski definition) is 1. The highest BCUT2D eigenvalue weighted by Crippen LogP contribution is 2.20. The molecule has 9 heteroatoms. The fraction of sp³-hybridized carbons (Fsp3) is 0.308. The predicted octanol–water partition coefficient (Wildman–Crippen LogP) is 1.02. The first kappa shape index (κ1) is 16.0. The van der Waals surface area contributed by atoms with E-state index in [9.17, 15) is 24.5 Å². The first-order valence-corrected chi connectivity index (χ1v) is 7.43. The predicted molar refractivity (Wildman–Crippen MR) is 80.4 cm³/mol. The average molecular weight is 323 g/mol. The van der Waals surface area contributed by atoms with Gasteiger partial charge < -0.3 is 5.32 Å². The molecule has 0 saturated carbocycles. The Morgan fingerprint density at radius 1 is 1.41 bits per heavy atom. The van der Waals surface area contributed by atoms with Gasteiger partial charge in [0.05, 0.1) is 15.9 Å². The number of rotatable bonds is 4. The summed E-state index contributed by atoms with van der Waals surface area (Å²) in [7, 11) is 0. The molecular weight excluding hydrogens is 310 g/mol. The van der Waals surface area contributed by atoms with Crippen molar-refractivity contribution in [3.05, 3.63) is 34.4 Å². The number of nitrogens with one attached hydrogen (secondary N) is 1. The number of carbonyl (C=O) groups excluding carboxylic acids is 3. The monoisotopic (exact) mass is 323 g/mol. The molecule has 1 aromatic rings. The van der Waals surface area contributed by atoms with Crippen molar-refractivity contribution >= 4 is 40.9 Å². The Kier molecular flexibility index (Phi) is 4.76. The van der Waals surface area contributed by atoms with E-state index < -0.39 is 16.7 Å². The van der Waals surface area contributed by atoms with E-state index in [2.05, 4.69) is 5.32 Å². The second kappa shape index (κ2) is 6.56. The Labute approximate surface area is 130 Å². The van der Waals surface area contributed by atoms with Crippen LogP contribution in [0.1, 0.15) is 6.92 Å². The summed E-state index contributed by atoms with van der Waals surface area (Å²) in [5, 5.41) is 12.7. The third-order valence-electron chi connectivity index (χ3n) is 3.04. The number of nitro benzene ring substituents is 1. The summed E-state index contributed by atoms with van der Waals surface area (Å²) in [6, 6.07) is 5.28. The Hall–Kier alpha value is -2.42. The van der Waals surface area contributed by atoms with Crippen molar-refractivity contribution in [2.45, 2.75) is 12.2 Å². The minimum Gasteiger partial charge on any atom is -0.325 e. The van der Waals surface area contributed by atoms with E-state index in [1.807, 2.05) is 0 Å². The lowest BCUT2D eigenvalue weighted by Gasteiger charge is -2.27. The van der Waals surface area contributed by atoms with Gasteiger partial charge in [0.15, 0.2) is 0 Å². The molecule has 0 aromatic heterocycles. The van der Waals surface area contributed by atoms with Crippen LogP contribution in [0.3, 0.4) is 0 Å². The summed E-state index contributed by atoms with van der Waals surface area (Å²) in [5.41, 5.74) is 0.264. The third-order valence-corrected chi connectivity index (χ3v) is 4.15. The number of thioether (sulfide) groups is 1. The molecular formula is C13H13N3O5S. The Morgan fingerprint density at radius 3 is 2.64 bits per heavy atom. The molecule has 1 atom stereocenters. The van der Waals surface area contributed by atoms with Gasteiger partial charge in [-0.15, -0.1) is 11.8 Å². The van der Waals surface area contributed by atoms with Crippen LogP contribution < -0.4 is 5.32 Å². The molecule has 3 amide bonds. The summed E-state index contributed by atoms with van der Waals surface area (Å²) in [6.45, 7) is 1.32. The summed E-state index contributed by atoms with van der Waals surface area (Å²) in [5.74, 6) is -1.15. The molecule has 1 N–H and O–H groups in total. The van der Waals surface area contributed by atoms with Crippen LogP contribution in [-0.2, 0) is 14.4 Å². The van der Waals surface area contributed by atoms with Crippen molar-refractivity contribution < 1.29 is 19.3 Å². The van der Waals surface area contributed by atoms with Gasteiger partial charge in [-0.3, -0.25) is 29.4 Å². The summed E-state index contributed by atoms with van der Waals surface area (Å²) in [4.78, 5) is 46.4. The van der Waals surface area contributed by atoms with Gasteiger partial charge in [-0.25, -0.2) is 0 Å². The topological polar surface area (TPSA) is 110 Å². The summed E-state index contributed by atoms with van der Waals surface area (Å²) >= 11 is 1.24. The lowest BCUT2D eigenvalue weighted by atomic mass is 10.3. The smallest absolute Gasteiger partial charge is 0.269 e. The van der Waals surface area contributed by atoms with Gasteiger partial charge in [0.2, 0.25) is 17.7 Å². The van der Waals surface area contributed by atoms with Crippen LogP contribution >= 0.6 is 11.8 Å². The van der Waals surface area contributed by atoms with Crippen LogP contribution in [0.2, 0.25) is 0 Å². The van der Waals surface area contributed by atoms with Gasteiger partial charge in [0, 0.05) is 17.8 Å². The highest BCUT2D eigenvalue weighted by molar-refractivity contribution is 8.01. The highest BCUT2D eigenvalue weighted by Gasteiger charge is 2.33. The van der Waals surface area contributed by atoms with E-state index >= 15 is 0 Å². The number of carbonyl (C=O) groups is 3.